The Morgan fingerprint density at radius 2 is 1.94 bits per heavy atom. The zero-order chi connectivity index (χ0) is 12.7. The van der Waals surface area contributed by atoms with Gasteiger partial charge in [-0.25, -0.2) is 0 Å². The molecule has 0 bridgehead atoms. The highest BCUT2D eigenvalue weighted by Gasteiger charge is 2.46. The number of unbranched alkanes of at least 4 members (excludes halogenated alkanes) is 5. The third kappa shape index (κ3) is 4.40. The standard InChI is InChI=1S/C13H24O2S2/c1-3-4-5-6-7-8-9-11-13(2,12(14)15)10-16-17-11/h11H,3-10H2,1-2H3,(H,14,15). The van der Waals surface area contributed by atoms with Crippen molar-refractivity contribution in [1.82, 2.24) is 0 Å². The Hall–Kier alpha value is 0.170. The van der Waals surface area contributed by atoms with Crippen molar-refractivity contribution in [2.45, 2.75) is 64.0 Å². The summed E-state index contributed by atoms with van der Waals surface area (Å²) in [4.78, 5) is 11.3. The number of carbonyl (C=O) groups is 1. The van der Waals surface area contributed by atoms with Crippen LogP contribution in [0.15, 0.2) is 0 Å². The third-order valence-corrected chi connectivity index (χ3v) is 6.86. The van der Waals surface area contributed by atoms with Crippen molar-refractivity contribution in [2.24, 2.45) is 5.41 Å². The predicted molar refractivity (Wildman–Crippen MR) is 77.6 cm³/mol. The topological polar surface area (TPSA) is 37.3 Å². The molecule has 1 aliphatic heterocycles. The molecule has 100 valence electrons. The average molecular weight is 276 g/mol. The van der Waals surface area contributed by atoms with Gasteiger partial charge in [0, 0.05) is 11.0 Å². The predicted octanol–water partition coefficient (Wildman–Crippen LogP) is 4.59. The molecule has 0 spiro atoms. The lowest BCUT2D eigenvalue weighted by Crippen LogP contribution is -2.36. The second kappa shape index (κ2) is 7.57. The largest absolute Gasteiger partial charge is 0.481 e. The monoisotopic (exact) mass is 276 g/mol. The number of aliphatic carboxylic acids is 1. The Bertz CT molecular complexity index is 246. The minimum Gasteiger partial charge on any atom is -0.481 e. The van der Waals surface area contributed by atoms with Crippen molar-refractivity contribution in [1.29, 1.82) is 0 Å². The second-order valence-corrected chi connectivity index (χ2v) is 7.70. The van der Waals surface area contributed by atoms with E-state index in [1.165, 1.54) is 38.5 Å². The van der Waals surface area contributed by atoms with Crippen LogP contribution in [-0.4, -0.2) is 22.1 Å². The van der Waals surface area contributed by atoms with E-state index in [4.69, 9.17) is 0 Å². The first-order chi connectivity index (χ1) is 8.11. The van der Waals surface area contributed by atoms with Gasteiger partial charge in [0.2, 0.25) is 0 Å². The molecular formula is C13H24O2S2. The molecule has 0 aromatic rings. The number of carboxylic acids is 1. The highest BCUT2D eigenvalue weighted by Crippen LogP contribution is 2.51. The van der Waals surface area contributed by atoms with Crippen molar-refractivity contribution in [3.63, 3.8) is 0 Å². The lowest BCUT2D eigenvalue weighted by molar-refractivity contribution is -0.146. The average Bonchev–Trinajstić information content (AvgIpc) is 2.67. The Kier molecular flexibility index (Phi) is 6.78. The van der Waals surface area contributed by atoms with E-state index in [2.05, 4.69) is 6.92 Å². The molecule has 2 unspecified atom stereocenters. The molecule has 1 N–H and O–H groups in total. The van der Waals surface area contributed by atoms with Gasteiger partial charge < -0.3 is 5.11 Å². The third-order valence-electron chi connectivity index (χ3n) is 3.56. The molecule has 0 saturated carbocycles. The second-order valence-electron chi connectivity index (χ2n) is 5.13. The highest BCUT2D eigenvalue weighted by molar-refractivity contribution is 8.77. The molecule has 0 amide bonds. The molecule has 1 saturated heterocycles. The van der Waals surface area contributed by atoms with E-state index in [1.807, 2.05) is 6.92 Å². The molecule has 1 aliphatic rings. The summed E-state index contributed by atoms with van der Waals surface area (Å²) in [5.41, 5.74) is -0.501. The van der Waals surface area contributed by atoms with Crippen molar-refractivity contribution in [3.05, 3.63) is 0 Å². The normalized spacial score (nSPS) is 28.5. The van der Waals surface area contributed by atoms with Gasteiger partial charge in [-0.05, 0) is 13.3 Å². The van der Waals surface area contributed by atoms with Gasteiger partial charge >= 0.3 is 5.97 Å². The minimum absolute atomic E-state index is 0.302. The molecule has 0 radical (unpaired) electrons. The molecule has 17 heavy (non-hydrogen) atoms. The summed E-state index contributed by atoms with van der Waals surface area (Å²) in [7, 11) is 3.51. The van der Waals surface area contributed by atoms with Crippen molar-refractivity contribution >= 4 is 27.6 Å². The molecule has 1 heterocycles. The fourth-order valence-corrected chi connectivity index (χ4v) is 6.04. The van der Waals surface area contributed by atoms with E-state index in [-0.39, 0.29) is 0 Å². The van der Waals surface area contributed by atoms with E-state index in [1.54, 1.807) is 21.6 Å². The molecule has 1 rings (SSSR count). The fourth-order valence-electron chi connectivity index (χ4n) is 2.11. The van der Waals surface area contributed by atoms with Crippen molar-refractivity contribution < 1.29 is 9.90 Å². The van der Waals surface area contributed by atoms with Crippen LogP contribution >= 0.6 is 21.6 Å². The van der Waals surface area contributed by atoms with Crippen LogP contribution < -0.4 is 0 Å². The minimum atomic E-state index is -0.619. The van der Waals surface area contributed by atoms with Gasteiger partial charge in [0.25, 0.3) is 0 Å². The Morgan fingerprint density at radius 3 is 2.59 bits per heavy atom. The van der Waals surface area contributed by atoms with Gasteiger partial charge in [-0.3, -0.25) is 4.79 Å². The molecule has 1 fully saturated rings. The van der Waals surface area contributed by atoms with Gasteiger partial charge in [-0.15, -0.1) is 0 Å². The summed E-state index contributed by atoms with van der Waals surface area (Å²) < 4.78 is 0. The van der Waals surface area contributed by atoms with Crippen LogP contribution in [0, 0.1) is 5.41 Å². The van der Waals surface area contributed by atoms with Gasteiger partial charge in [-0.1, -0.05) is 67.0 Å². The summed E-state index contributed by atoms with van der Waals surface area (Å²) in [6.07, 6.45) is 8.77. The fraction of sp³-hybridized carbons (Fsp3) is 0.923. The number of hydrogen-bond acceptors (Lipinski definition) is 3. The summed E-state index contributed by atoms with van der Waals surface area (Å²) in [5.74, 6) is 0.138. The quantitative estimate of drug-likeness (QED) is 0.519. The first kappa shape index (κ1) is 15.2. The van der Waals surface area contributed by atoms with Crippen LogP contribution in [0.2, 0.25) is 0 Å². The first-order valence-corrected chi connectivity index (χ1v) is 9.01. The van der Waals surface area contributed by atoms with Crippen LogP contribution in [-0.2, 0) is 4.79 Å². The zero-order valence-corrected chi connectivity index (χ0v) is 12.5. The van der Waals surface area contributed by atoms with Crippen molar-refractivity contribution in [3.8, 4) is 0 Å². The zero-order valence-electron chi connectivity index (χ0n) is 10.9. The van der Waals surface area contributed by atoms with E-state index >= 15 is 0 Å². The molecule has 0 aromatic carbocycles. The number of carboxylic acid groups (broad SMARTS) is 1. The molecular weight excluding hydrogens is 252 g/mol. The Morgan fingerprint density at radius 1 is 1.29 bits per heavy atom. The molecule has 2 nitrogen and oxygen atoms in total. The van der Waals surface area contributed by atoms with E-state index in [9.17, 15) is 9.90 Å². The van der Waals surface area contributed by atoms with Crippen LogP contribution in [0.4, 0.5) is 0 Å². The van der Waals surface area contributed by atoms with Crippen LogP contribution in [0.25, 0.3) is 0 Å². The summed E-state index contributed by atoms with van der Waals surface area (Å²) in [5, 5.41) is 9.59. The molecule has 0 aliphatic carbocycles. The number of rotatable bonds is 8. The molecule has 0 aromatic heterocycles. The summed E-state index contributed by atoms with van der Waals surface area (Å²) in [6, 6.07) is 0. The number of hydrogen-bond donors (Lipinski definition) is 1. The SMILES string of the molecule is CCCCCCCCC1SSCC1(C)C(=O)O. The van der Waals surface area contributed by atoms with Crippen molar-refractivity contribution in [2.75, 3.05) is 5.75 Å². The molecule has 4 heteroatoms. The lowest BCUT2D eigenvalue weighted by Gasteiger charge is -2.24. The van der Waals surface area contributed by atoms with Gasteiger partial charge in [0.1, 0.15) is 0 Å². The maximum atomic E-state index is 11.3. The van der Waals surface area contributed by atoms with E-state index in [0.29, 0.717) is 5.25 Å². The lowest BCUT2D eigenvalue weighted by atomic mass is 9.86. The van der Waals surface area contributed by atoms with E-state index < -0.39 is 11.4 Å². The van der Waals surface area contributed by atoms with Crippen LogP contribution in [0.1, 0.15) is 58.8 Å². The van der Waals surface area contributed by atoms with E-state index in [0.717, 1.165) is 12.2 Å². The van der Waals surface area contributed by atoms with Crippen LogP contribution in [0.3, 0.4) is 0 Å². The molecule has 2 atom stereocenters. The smallest absolute Gasteiger partial charge is 0.311 e. The van der Waals surface area contributed by atoms with Gasteiger partial charge in [0.05, 0.1) is 5.41 Å². The van der Waals surface area contributed by atoms with Gasteiger partial charge in [-0.2, -0.15) is 0 Å². The summed E-state index contributed by atoms with van der Waals surface area (Å²) >= 11 is 0. The maximum absolute atomic E-state index is 11.3. The van der Waals surface area contributed by atoms with Crippen LogP contribution in [0.5, 0.6) is 0 Å². The highest BCUT2D eigenvalue weighted by atomic mass is 33.1. The first-order valence-electron chi connectivity index (χ1n) is 6.63. The van der Waals surface area contributed by atoms with Gasteiger partial charge in [0.15, 0.2) is 0 Å². The maximum Gasteiger partial charge on any atom is 0.311 e. The Balaban J connectivity index is 2.20. The Labute approximate surface area is 113 Å². The summed E-state index contributed by atoms with van der Waals surface area (Å²) in [6.45, 7) is 4.13.